The van der Waals surface area contributed by atoms with Crippen molar-refractivity contribution in [2.24, 2.45) is 0 Å². The van der Waals surface area contributed by atoms with E-state index in [9.17, 15) is 14.4 Å². The van der Waals surface area contributed by atoms with E-state index in [1.807, 2.05) is 36.5 Å². The molecule has 1 saturated heterocycles. The van der Waals surface area contributed by atoms with E-state index in [0.717, 1.165) is 21.4 Å². The maximum absolute atomic E-state index is 13.0. The predicted octanol–water partition coefficient (Wildman–Crippen LogP) is 4.47. The molecule has 5 rings (SSSR count). The Bertz CT molecular complexity index is 1490. The van der Waals surface area contributed by atoms with Crippen LogP contribution in [0.4, 0.5) is 4.79 Å². The number of urea groups is 1. The van der Waals surface area contributed by atoms with E-state index in [4.69, 9.17) is 4.42 Å². The second kappa shape index (κ2) is 8.98. The first-order valence-corrected chi connectivity index (χ1v) is 11.1. The van der Waals surface area contributed by atoms with Crippen LogP contribution in [0.1, 0.15) is 33.0 Å². The highest BCUT2D eigenvalue weighted by Gasteiger charge is 2.34. The number of imide groups is 1. The Kier molecular flexibility index (Phi) is 5.70. The van der Waals surface area contributed by atoms with E-state index >= 15 is 0 Å². The lowest BCUT2D eigenvalue weighted by molar-refractivity contribution is -0.123. The molecule has 2 aromatic carbocycles. The number of amides is 3. The molecule has 0 radical (unpaired) electrons. The maximum Gasteiger partial charge on any atom is 0.373 e. The van der Waals surface area contributed by atoms with E-state index in [1.165, 1.54) is 30.4 Å². The number of furan rings is 1. The van der Waals surface area contributed by atoms with Gasteiger partial charge < -0.3 is 19.0 Å². The van der Waals surface area contributed by atoms with Crippen LogP contribution >= 0.6 is 0 Å². The van der Waals surface area contributed by atoms with E-state index in [1.54, 1.807) is 6.08 Å². The number of aromatic nitrogens is 1. The molecular formula is C27H23N3O5. The number of fused-ring (bicyclic) bond motifs is 1. The average Bonchev–Trinajstić information content (AvgIpc) is 3.53. The summed E-state index contributed by atoms with van der Waals surface area (Å²) in [5.74, 6) is -0.797. The van der Waals surface area contributed by atoms with Gasteiger partial charge in [0.2, 0.25) is 5.76 Å². The van der Waals surface area contributed by atoms with Crippen LogP contribution in [-0.4, -0.2) is 34.5 Å². The van der Waals surface area contributed by atoms with E-state index in [0.29, 0.717) is 12.3 Å². The number of hydrogen-bond acceptors (Lipinski definition) is 5. The van der Waals surface area contributed by atoms with Gasteiger partial charge in [-0.15, -0.1) is 0 Å². The number of nitrogens with one attached hydrogen (secondary N) is 1. The van der Waals surface area contributed by atoms with Crippen LogP contribution in [-0.2, 0) is 22.6 Å². The fourth-order valence-electron chi connectivity index (χ4n) is 4.23. The summed E-state index contributed by atoms with van der Waals surface area (Å²) >= 11 is 0. The summed E-state index contributed by atoms with van der Waals surface area (Å²) in [4.78, 5) is 38.2. The van der Waals surface area contributed by atoms with Crippen LogP contribution in [0.5, 0.6) is 0 Å². The maximum atomic E-state index is 13.0. The SMILES string of the molecule is COC(=O)c1ccc(CN2C(=O)NC(=Cc3cn(Cc4cccc(C)c4)c4ccccc34)C2=O)o1. The number of aryl methyl sites for hydroxylation is 1. The number of methoxy groups -OCH3 is 1. The molecule has 1 fully saturated rings. The van der Waals surface area contributed by atoms with Gasteiger partial charge in [-0.05, 0) is 36.8 Å². The van der Waals surface area contributed by atoms with Crippen molar-refractivity contribution in [3.8, 4) is 0 Å². The molecule has 176 valence electrons. The van der Waals surface area contributed by atoms with Gasteiger partial charge in [0.25, 0.3) is 5.91 Å². The Labute approximate surface area is 201 Å². The Balaban J connectivity index is 1.42. The Morgan fingerprint density at radius 1 is 1.06 bits per heavy atom. The lowest BCUT2D eigenvalue weighted by Crippen LogP contribution is -2.30. The van der Waals surface area contributed by atoms with Gasteiger partial charge in [-0.1, -0.05) is 48.0 Å². The summed E-state index contributed by atoms with van der Waals surface area (Å²) in [6.45, 7) is 2.64. The normalized spacial score (nSPS) is 14.7. The van der Waals surface area contributed by atoms with Gasteiger partial charge in [-0.3, -0.25) is 9.69 Å². The molecule has 3 amide bonds. The van der Waals surface area contributed by atoms with Crippen molar-refractivity contribution >= 4 is 34.9 Å². The van der Waals surface area contributed by atoms with Crippen molar-refractivity contribution in [3.63, 3.8) is 0 Å². The fourth-order valence-corrected chi connectivity index (χ4v) is 4.23. The minimum atomic E-state index is -0.629. The van der Waals surface area contributed by atoms with Crippen LogP contribution in [0, 0.1) is 6.92 Å². The molecule has 8 nitrogen and oxygen atoms in total. The Morgan fingerprint density at radius 2 is 1.89 bits per heavy atom. The summed E-state index contributed by atoms with van der Waals surface area (Å²) < 4.78 is 12.2. The molecule has 3 heterocycles. The molecule has 1 aliphatic heterocycles. The van der Waals surface area contributed by atoms with Crippen LogP contribution < -0.4 is 5.32 Å². The minimum absolute atomic E-state index is 0.00624. The van der Waals surface area contributed by atoms with Crippen molar-refractivity contribution in [2.45, 2.75) is 20.0 Å². The molecule has 1 N–H and O–H groups in total. The molecular weight excluding hydrogens is 446 g/mol. The number of para-hydroxylation sites is 1. The number of carbonyl (C=O) groups excluding carboxylic acids is 3. The number of benzene rings is 2. The summed E-state index contributed by atoms with van der Waals surface area (Å²) in [6.07, 6.45) is 3.68. The van der Waals surface area contributed by atoms with Gasteiger partial charge in [0.15, 0.2) is 0 Å². The second-order valence-electron chi connectivity index (χ2n) is 8.36. The molecule has 35 heavy (non-hydrogen) atoms. The first-order valence-electron chi connectivity index (χ1n) is 11.1. The van der Waals surface area contributed by atoms with Gasteiger partial charge in [-0.2, -0.15) is 0 Å². The van der Waals surface area contributed by atoms with Gasteiger partial charge in [0, 0.05) is 29.2 Å². The van der Waals surface area contributed by atoms with Crippen LogP contribution in [0.3, 0.4) is 0 Å². The number of ether oxygens (including phenoxy) is 1. The van der Waals surface area contributed by atoms with Gasteiger partial charge in [-0.25, -0.2) is 9.59 Å². The molecule has 0 unspecified atom stereocenters. The molecule has 0 spiro atoms. The number of rotatable bonds is 6. The summed E-state index contributed by atoms with van der Waals surface area (Å²) in [7, 11) is 1.25. The van der Waals surface area contributed by atoms with E-state index in [-0.39, 0.29) is 18.0 Å². The highest BCUT2D eigenvalue weighted by atomic mass is 16.5. The van der Waals surface area contributed by atoms with Gasteiger partial charge >= 0.3 is 12.0 Å². The molecule has 2 aromatic heterocycles. The highest BCUT2D eigenvalue weighted by Crippen LogP contribution is 2.26. The van der Waals surface area contributed by atoms with Crippen molar-refractivity contribution in [3.05, 3.63) is 101 Å². The zero-order chi connectivity index (χ0) is 24.5. The molecule has 1 aliphatic rings. The average molecular weight is 469 g/mol. The fraction of sp³-hybridized carbons (Fsp3) is 0.148. The summed E-state index contributed by atoms with van der Waals surface area (Å²) in [6, 6.07) is 18.7. The smallest absolute Gasteiger partial charge is 0.373 e. The van der Waals surface area contributed by atoms with Crippen LogP contribution in [0.15, 0.2) is 77.0 Å². The number of nitrogens with zero attached hydrogens (tertiary/aromatic N) is 2. The predicted molar refractivity (Wildman–Crippen MR) is 129 cm³/mol. The largest absolute Gasteiger partial charge is 0.463 e. The molecule has 0 saturated carbocycles. The van der Waals surface area contributed by atoms with Crippen molar-refractivity contribution in [1.29, 1.82) is 0 Å². The lowest BCUT2D eigenvalue weighted by atomic mass is 10.1. The van der Waals surface area contributed by atoms with Crippen molar-refractivity contribution in [1.82, 2.24) is 14.8 Å². The first-order chi connectivity index (χ1) is 16.9. The molecule has 8 heteroatoms. The number of hydrogen-bond donors (Lipinski definition) is 1. The highest BCUT2D eigenvalue weighted by molar-refractivity contribution is 6.14. The molecule has 0 bridgehead atoms. The zero-order valence-electron chi connectivity index (χ0n) is 19.3. The topological polar surface area (TPSA) is 93.8 Å². The Morgan fingerprint density at radius 3 is 2.69 bits per heavy atom. The third-order valence-corrected chi connectivity index (χ3v) is 5.88. The minimum Gasteiger partial charge on any atom is -0.463 e. The lowest BCUT2D eigenvalue weighted by Gasteiger charge is -2.09. The number of carbonyl (C=O) groups is 3. The molecule has 4 aromatic rings. The van der Waals surface area contributed by atoms with Crippen LogP contribution in [0.2, 0.25) is 0 Å². The monoisotopic (exact) mass is 469 g/mol. The van der Waals surface area contributed by atoms with Crippen LogP contribution in [0.25, 0.3) is 17.0 Å². The van der Waals surface area contributed by atoms with Gasteiger partial charge in [0.05, 0.1) is 13.7 Å². The van der Waals surface area contributed by atoms with Crippen molar-refractivity contribution < 1.29 is 23.5 Å². The Hall–Kier alpha value is -4.59. The van der Waals surface area contributed by atoms with Gasteiger partial charge in [0.1, 0.15) is 11.5 Å². The van der Waals surface area contributed by atoms with E-state index in [2.05, 4.69) is 39.7 Å². The molecule has 0 aliphatic carbocycles. The third kappa shape index (κ3) is 4.33. The number of esters is 1. The molecule has 0 atom stereocenters. The quantitative estimate of drug-likeness (QED) is 0.255. The van der Waals surface area contributed by atoms with E-state index < -0.39 is 17.9 Å². The standard InChI is InChI=1S/C27H23N3O5/c1-17-6-5-7-18(12-17)14-29-15-19(21-8-3-4-9-23(21)29)13-22-25(31)30(27(33)28-22)16-20-10-11-24(35-20)26(32)34-2/h3-13,15H,14,16H2,1-2H3,(H,28,33). The van der Waals surface area contributed by atoms with Crippen molar-refractivity contribution in [2.75, 3.05) is 7.11 Å². The third-order valence-electron chi connectivity index (χ3n) is 5.88. The summed E-state index contributed by atoms with van der Waals surface area (Å²) in [5.41, 5.74) is 4.39. The second-order valence-corrected chi connectivity index (χ2v) is 8.36. The zero-order valence-corrected chi connectivity index (χ0v) is 19.3. The first kappa shape index (κ1) is 22.2. The summed E-state index contributed by atoms with van der Waals surface area (Å²) in [5, 5.41) is 3.62.